The van der Waals surface area contributed by atoms with Crippen LogP contribution in [0.2, 0.25) is 0 Å². The quantitative estimate of drug-likeness (QED) is 0.217. The Hall–Kier alpha value is -0.910. The smallest absolute Gasteiger partial charge is 0.318 e. The maximum absolute atomic E-state index is 11.3. The van der Waals surface area contributed by atoms with Crippen molar-refractivity contribution in [2.24, 2.45) is 5.73 Å². The molecule has 0 saturated heterocycles. The number of unbranched alkanes of at least 4 members (excludes halogenated alkanes) is 8. The second-order valence-corrected chi connectivity index (χ2v) is 8.88. The maximum atomic E-state index is 11.3. The summed E-state index contributed by atoms with van der Waals surface area (Å²) in [7, 11) is 0. The van der Waals surface area contributed by atoms with Crippen molar-refractivity contribution in [2.45, 2.75) is 122 Å². The number of ketones is 1. The molecule has 0 aliphatic heterocycles. The zero-order valence-electron chi connectivity index (χ0n) is 18.6. The number of Topliss-reactive ketones (excluding diaryl/α,β-unsaturated/α-hetero) is 1. The van der Waals surface area contributed by atoms with E-state index in [1.54, 1.807) is 0 Å². The monoisotopic (exact) mass is 462 g/mol. The number of carbonyl (C=O) groups is 3. The van der Waals surface area contributed by atoms with Crippen LogP contribution in [0.5, 0.6) is 0 Å². The third kappa shape index (κ3) is 17.2. The van der Waals surface area contributed by atoms with Crippen molar-refractivity contribution in [1.29, 1.82) is 0 Å². The van der Waals surface area contributed by atoms with Crippen LogP contribution in [-0.2, 0) is 9.59 Å². The van der Waals surface area contributed by atoms with Crippen LogP contribution in [0.25, 0.3) is 0 Å². The third-order valence-corrected chi connectivity index (χ3v) is 6.33. The molecule has 28 heavy (non-hydrogen) atoms. The van der Waals surface area contributed by atoms with Crippen molar-refractivity contribution in [3.05, 3.63) is 0 Å². The number of halogens is 1. The molecule has 0 aromatic heterocycles. The minimum absolute atomic E-state index is 0.375. The highest BCUT2D eigenvalue weighted by Gasteiger charge is 2.32. The van der Waals surface area contributed by atoms with E-state index in [9.17, 15) is 14.4 Å². The molecule has 0 fully saturated rings. The molecule has 0 aliphatic rings. The van der Waals surface area contributed by atoms with Crippen molar-refractivity contribution in [1.82, 2.24) is 5.32 Å². The van der Waals surface area contributed by atoms with Crippen LogP contribution in [0.15, 0.2) is 0 Å². The molecule has 0 aromatic rings. The summed E-state index contributed by atoms with van der Waals surface area (Å²) in [5, 5.41) is 2.04. The van der Waals surface area contributed by atoms with E-state index in [4.69, 9.17) is 5.73 Å². The second kappa shape index (κ2) is 19.4. The van der Waals surface area contributed by atoms with Gasteiger partial charge >= 0.3 is 6.03 Å². The van der Waals surface area contributed by atoms with E-state index in [1.807, 2.05) is 19.2 Å². The van der Waals surface area contributed by atoms with E-state index >= 15 is 0 Å². The number of primary amides is 1. The van der Waals surface area contributed by atoms with Gasteiger partial charge < -0.3 is 5.73 Å². The number of imide groups is 1. The number of carbonyl (C=O) groups excluding carboxylic acids is 3. The standard InChI is InChI=1S/C15H30O.C7H13BrN2O2/c1-3-5-6-7-8-9-10-11-12-14-15(16)13-4-2;1-3-7(8,4-2)5(11)10-6(9)12/h3-14H2,1-2H3;3-4H2,1-2H3,(H3,9,10,11,12). The van der Waals surface area contributed by atoms with Crippen molar-refractivity contribution in [3.8, 4) is 0 Å². The van der Waals surface area contributed by atoms with Gasteiger partial charge in [0.05, 0.1) is 0 Å². The predicted molar refractivity (Wildman–Crippen MR) is 122 cm³/mol. The Morgan fingerprint density at radius 3 is 1.61 bits per heavy atom. The maximum Gasteiger partial charge on any atom is 0.318 e. The summed E-state index contributed by atoms with van der Waals surface area (Å²) in [5.74, 6) is 0.0884. The molecule has 0 unspecified atom stereocenters. The summed E-state index contributed by atoms with van der Waals surface area (Å²) in [5.41, 5.74) is 4.81. The van der Waals surface area contributed by atoms with Crippen molar-refractivity contribution < 1.29 is 14.4 Å². The van der Waals surface area contributed by atoms with Crippen LogP contribution in [0.3, 0.4) is 0 Å². The Bertz CT molecular complexity index is 424. The molecule has 0 aromatic carbocycles. The first-order chi connectivity index (χ1) is 13.3. The van der Waals surface area contributed by atoms with E-state index in [0.717, 1.165) is 25.7 Å². The zero-order valence-corrected chi connectivity index (χ0v) is 20.2. The van der Waals surface area contributed by atoms with E-state index < -0.39 is 10.4 Å². The number of hydrogen-bond donors (Lipinski definition) is 2. The van der Waals surface area contributed by atoms with Gasteiger partial charge in [0.15, 0.2) is 0 Å². The first kappa shape index (κ1) is 29.3. The number of alkyl halides is 1. The highest BCUT2D eigenvalue weighted by atomic mass is 79.9. The summed E-state index contributed by atoms with van der Waals surface area (Å²) in [4.78, 5) is 32.9. The van der Waals surface area contributed by atoms with Crippen LogP contribution < -0.4 is 11.1 Å². The minimum atomic E-state index is -0.814. The molecule has 3 amide bonds. The fourth-order valence-electron chi connectivity index (χ4n) is 2.83. The number of amides is 3. The van der Waals surface area contributed by atoms with Gasteiger partial charge in [0.1, 0.15) is 10.1 Å². The highest BCUT2D eigenvalue weighted by molar-refractivity contribution is 9.10. The van der Waals surface area contributed by atoms with Crippen LogP contribution in [0, 0.1) is 0 Å². The zero-order chi connectivity index (χ0) is 21.8. The Morgan fingerprint density at radius 2 is 1.21 bits per heavy atom. The second-order valence-electron chi connectivity index (χ2n) is 7.36. The highest BCUT2D eigenvalue weighted by Crippen LogP contribution is 2.26. The van der Waals surface area contributed by atoms with E-state index in [2.05, 4.69) is 29.8 Å². The van der Waals surface area contributed by atoms with Gasteiger partial charge in [0.25, 0.3) is 0 Å². The van der Waals surface area contributed by atoms with Crippen LogP contribution in [-0.4, -0.2) is 22.0 Å². The molecule has 0 atom stereocenters. The Balaban J connectivity index is 0. The number of hydrogen-bond acceptors (Lipinski definition) is 3. The van der Waals surface area contributed by atoms with Crippen molar-refractivity contribution in [2.75, 3.05) is 0 Å². The fourth-order valence-corrected chi connectivity index (χ4v) is 2.93. The third-order valence-electron chi connectivity index (χ3n) is 4.85. The first-order valence-electron chi connectivity index (χ1n) is 11.1. The summed E-state index contributed by atoms with van der Waals surface area (Å²) in [6.45, 7) is 8.05. The molecule has 0 aliphatic carbocycles. The van der Waals surface area contributed by atoms with Crippen LogP contribution in [0.1, 0.15) is 118 Å². The molecule has 0 rings (SSSR count). The molecule has 0 saturated carbocycles. The van der Waals surface area contributed by atoms with Gasteiger partial charge in [-0.1, -0.05) is 95.0 Å². The Morgan fingerprint density at radius 1 is 0.750 bits per heavy atom. The SMILES string of the molecule is CCC(Br)(CC)C(=O)NC(N)=O.CCCCCCCCCCCC(=O)CCC. The fraction of sp³-hybridized carbons (Fsp3) is 0.864. The lowest BCUT2D eigenvalue weighted by Crippen LogP contribution is -2.46. The number of nitrogens with one attached hydrogen (secondary N) is 1. The first-order valence-corrected chi connectivity index (χ1v) is 11.9. The molecule has 3 N–H and O–H groups in total. The largest absolute Gasteiger partial charge is 0.351 e. The molecule has 0 spiro atoms. The van der Waals surface area contributed by atoms with Crippen LogP contribution >= 0.6 is 15.9 Å². The van der Waals surface area contributed by atoms with E-state index in [0.29, 0.717) is 18.6 Å². The summed E-state index contributed by atoms with van der Waals surface area (Å²) in [6.07, 6.45) is 15.8. The van der Waals surface area contributed by atoms with Crippen molar-refractivity contribution >= 4 is 33.7 Å². The van der Waals surface area contributed by atoms with E-state index in [-0.39, 0.29) is 5.91 Å². The number of urea groups is 1. The molecular formula is C22H43BrN2O3. The Kier molecular flexibility index (Phi) is 20.3. The van der Waals surface area contributed by atoms with Gasteiger partial charge in [-0.05, 0) is 25.7 Å². The molecule has 0 radical (unpaired) electrons. The van der Waals surface area contributed by atoms with Gasteiger partial charge in [0, 0.05) is 12.8 Å². The lowest BCUT2D eigenvalue weighted by molar-refractivity contribution is -0.122. The minimum Gasteiger partial charge on any atom is -0.351 e. The lowest BCUT2D eigenvalue weighted by Gasteiger charge is -2.21. The molecule has 0 heterocycles. The van der Waals surface area contributed by atoms with Gasteiger partial charge in [-0.3, -0.25) is 14.9 Å². The van der Waals surface area contributed by atoms with Gasteiger partial charge in [-0.15, -0.1) is 0 Å². The normalized spacial score (nSPS) is 10.8. The van der Waals surface area contributed by atoms with Crippen LogP contribution in [0.4, 0.5) is 4.79 Å². The van der Waals surface area contributed by atoms with Gasteiger partial charge in [-0.25, -0.2) is 4.79 Å². The predicted octanol–water partition coefficient (Wildman–Crippen LogP) is 6.41. The molecule has 6 heteroatoms. The molecule has 0 bridgehead atoms. The number of nitrogens with two attached hydrogens (primary N) is 1. The lowest BCUT2D eigenvalue weighted by atomic mass is 10.0. The van der Waals surface area contributed by atoms with Gasteiger partial charge in [0.2, 0.25) is 5.91 Å². The van der Waals surface area contributed by atoms with E-state index in [1.165, 1.54) is 51.4 Å². The topological polar surface area (TPSA) is 89.3 Å². The van der Waals surface area contributed by atoms with Crippen molar-refractivity contribution in [3.63, 3.8) is 0 Å². The Labute approximate surface area is 181 Å². The molecular weight excluding hydrogens is 420 g/mol. The average molecular weight is 464 g/mol. The summed E-state index contributed by atoms with van der Waals surface area (Å²) >= 11 is 3.26. The summed E-state index contributed by atoms with van der Waals surface area (Å²) in [6, 6.07) is -0.814. The molecule has 5 nitrogen and oxygen atoms in total. The summed E-state index contributed by atoms with van der Waals surface area (Å²) < 4.78 is -0.665. The average Bonchev–Trinajstić information content (AvgIpc) is 2.66. The number of rotatable bonds is 15. The molecule has 166 valence electrons. The van der Waals surface area contributed by atoms with Gasteiger partial charge in [-0.2, -0.15) is 0 Å².